The highest BCUT2D eigenvalue weighted by molar-refractivity contribution is 6.01. The number of nitriles is 2. The first kappa shape index (κ1) is 15.3. The van der Waals surface area contributed by atoms with Gasteiger partial charge in [0.25, 0.3) is 0 Å². The lowest BCUT2D eigenvalue weighted by Gasteiger charge is -2.07. The van der Waals surface area contributed by atoms with Crippen molar-refractivity contribution in [2.45, 2.75) is 13.8 Å². The molecule has 0 aliphatic carbocycles. The molecule has 0 saturated heterocycles. The van der Waals surface area contributed by atoms with E-state index in [1.54, 1.807) is 38.1 Å². The molecule has 0 heterocycles. The quantitative estimate of drug-likeness (QED) is 0.466. The molecule has 0 radical (unpaired) electrons. The minimum atomic E-state index is -0.627. The van der Waals surface area contributed by atoms with Gasteiger partial charge in [-0.05, 0) is 37.1 Å². The molecule has 5 nitrogen and oxygen atoms in total. The van der Waals surface area contributed by atoms with Crippen LogP contribution in [0.2, 0.25) is 0 Å². The molecule has 0 fully saturated rings. The van der Waals surface area contributed by atoms with Crippen LogP contribution in [0.3, 0.4) is 0 Å². The predicted molar refractivity (Wildman–Crippen MR) is 72.4 cm³/mol. The molecule has 20 heavy (non-hydrogen) atoms. The molecule has 5 heteroatoms. The Hall–Kier alpha value is -2.79. The summed E-state index contributed by atoms with van der Waals surface area (Å²) in [4.78, 5) is 11.6. The maximum atomic E-state index is 11.6. The van der Waals surface area contributed by atoms with E-state index in [-0.39, 0.29) is 18.8 Å². The molecule has 0 aromatic heterocycles. The minimum Gasteiger partial charge on any atom is -0.479 e. The fraction of sp³-hybridized carbons (Fsp3) is 0.267. The molecule has 0 N–H and O–H groups in total. The van der Waals surface area contributed by atoms with E-state index in [0.717, 1.165) is 5.56 Å². The van der Waals surface area contributed by atoms with Crippen molar-refractivity contribution >= 4 is 11.5 Å². The largest absolute Gasteiger partial charge is 0.479 e. The fourth-order valence-corrected chi connectivity index (χ4v) is 1.55. The normalized spacial score (nSPS) is 10.8. The maximum Gasteiger partial charge on any atom is 0.349 e. The van der Waals surface area contributed by atoms with Crippen LogP contribution in [0.5, 0.6) is 5.75 Å². The van der Waals surface area contributed by atoms with Crippen molar-refractivity contribution in [2.75, 3.05) is 13.2 Å². The van der Waals surface area contributed by atoms with E-state index in [0.29, 0.717) is 11.3 Å². The zero-order chi connectivity index (χ0) is 15.0. The number of rotatable bonds is 5. The van der Waals surface area contributed by atoms with Gasteiger partial charge in [-0.15, -0.1) is 0 Å². The van der Waals surface area contributed by atoms with Gasteiger partial charge in [0.2, 0.25) is 0 Å². The van der Waals surface area contributed by atoms with Gasteiger partial charge in [-0.3, -0.25) is 0 Å². The molecule has 1 rings (SSSR count). The third-order valence-corrected chi connectivity index (χ3v) is 2.56. The van der Waals surface area contributed by atoms with E-state index in [4.69, 9.17) is 20.0 Å². The van der Waals surface area contributed by atoms with Crippen molar-refractivity contribution in [1.82, 2.24) is 0 Å². The molecule has 1 aromatic carbocycles. The Labute approximate surface area is 117 Å². The lowest BCUT2D eigenvalue weighted by Crippen LogP contribution is -2.08. The Kier molecular flexibility index (Phi) is 5.80. The predicted octanol–water partition coefficient (Wildman–Crippen LogP) is 2.45. The first-order chi connectivity index (χ1) is 9.63. The second kappa shape index (κ2) is 7.60. The number of carbonyl (C=O) groups is 1. The zero-order valence-electron chi connectivity index (χ0n) is 11.3. The van der Waals surface area contributed by atoms with Gasteiger partial charge in [0.05, 0.1) is 6.61 Å². The van der Waals surface area contributed by atoms with Crippen LogP contribution in [-0.4, -0.2) is 19.2 Å². The Morgan fingerprint density at radius 2 is 1.90 bits per heavy atom. The molecule has 0 spiro atoms. The molecule has 0 bridgehead atoms. The van der Waals surface area contributed by atoms with Crippen molar-refractivity contribution in [3.8, 4) is 17.9 Å². The van der Waals surface area contributed by atoms with E-state index < -0.39 is 5.97 Å². The van der Waals surface area contributed by atoms with Crippen LogP contribution in [0.15, 0.2) is 29.8 Å². The number of hydrogen-bond acceptors (Lipinski definition) is 5. The van der Waals surface area contributed by atoms with Gasteiger partial charge < -0.3 is 9.47 Å². The minimum absolute atomic E-state index is 0.0162. The number of ether oxygens (including phenoxy) is 2. The third kappa shape index (κ3) is 3.86. The molecule has 0 aliphatic heterocycles. The van der Waals surface area contributed by atoms with Crippen LogP contribution in [0.1, 0.15) is 19.4 Å². The second-order valence-corrected chi connectivity index (χ2v) is 3.80. The van der Waals surface area contributed by atoms with Gasteiger partial charge in [0, 0.05) is 0 Å². The van der Waals surface area contributed by atoms with Crippen molar-refractivity contribution < 1.29 is 14.3 Å². The van der Waals surface area contributed by atoms with Crippen LogP contribution in [0.25, 0.3) is 5.57 Å². The number of hydrogen-bond donors (Lipinski definition) is 0. The van der Waals surface area contributed by atoms with Crippen LogP contribution in [0.4, 0.5) is 0 Å². The van der Waals surface area contributed by atoms with Crippen LogP contribution < -0.4 is 4.74 Å². The molecule has 0 unspecified atom stereocenters. The molecule has 102 valence electrons. The first-order valence-corrected chi connectivity index (χ1v) is 6.02. The molecule has 0 aliphatic rings. The summed E-state index contributed by atoms with van der Waals surface area (Å²) in [5, 5.41) is 17.5. The molecule has 0 amide bonds. The summed E-state index contributed by atoms with van der Waals surface area (Å²) in [5.41, 5.74) is 1.24. The summed E-state index contributed by atoms with van der Waals surface area (Å²) in [6.07, 6.45) is 0. The van der Waals surface area contributed by atoms with E-state index in [2.05, 4.69) is 0 Å². The average Bonchev–Trinajstić information content (AvgIpc) is 2.46. The topological polar surface area (TPSA) is 83.1 Å². The Morgan fingerprint density at radius 3 is 2.40 bits per heavy atom. The summed E-state index contributed by atoms with van der Waals surface area (Å²) in [5.74, 6) is -0.0740. The van der Waals surface area contributed by atoms with E-state index in [1.807, 2.05) is 12.1 Å². The second-order valence-electron chi connectivity index (χ2n) is 3.80. The number of allylic oxidation sites excluding steroid dienone is 1. The lowest BCUT2D eigenvalue weighted by molar-refractivity contribution is -0.137. The maximum absolute atomic E-state index is 11.6. The Morgan fingerprint density at radius 1 is 1.25 bits per heavy atom. The van der Waals surface area contributed by atoms with Gasteiger partial charge in [0.15, 0.2) is 6.61 Å². The van der Waals surface area contributed by atoms with E-state index >= 15 is 0 Å². The highest BCUT2D eigenvalue weighted by atomic mass is 16.5. The standard InChI is InChI=1S/C15H14N2O3/c1-3-19-15(18)14(10-17)11(2)12-4-6-13(7-5-12)20-9-8-16/h4-7H,3,9H2,1-2H3. The van der Waals surface area contributed by atoms with Crippen LogP contribution in [-0.2, 0) is 9.53 Å². The van der Waals surface area contributed by atoms with Gasteiger partial charge in [-0.2, -0.15) is 10.5 Å². The smallest absolute Gasteiger partial charge is 0.349 e. The molecule has 1 aromatic rings. The fourth-order valence-electron chi connectivity index (χ4n) is 1.55. The van der Waals surface area contributed by atoms with Crippen LogP contribution in [0, 0.1) is 22.7 Å². The van der Waals surface area contributed by atoms with Crippen molar-refractivity contribution in [3.63, 3.8) is 0 Å². The molecular formula is C15H14N2O3. The van der Waals surface area contributed by atoms with Gasteiger partial charge in [0.1, 0.15) is 23.5 Å². The summed E-state index contributed by atoms with van der Waals surface area (Å²) < 4.78 is 9.96. The van der Waals surface area contributed by atoms with Gasteiger partial charge >= 0.3 is 5.97 Å². The molecular weight excluding hydrogens is 256 g/mol. The zero-order valence-corrected chi connectivity index (χ0v) is 11.3. The van der Waals surface area contributed by atoms with Gasteiger partial charge in [-0.25, -0.2) is 4.79 Å². The van der Waals surface area contributed by atoms with E-state index in [9.17, 15) is 4.79 Å². The third-order valence-electron chi connectivity index (χ3n) is 2.56. The van der Waals surface area contributed by atoms with Gasteiger partial charge in [-0.1, -0.05) is 12.1 Å². The first-order valence-electron chi connectivity index (χ1n) is 6.02. The summed E-state index contributed by atoms with van der Waals surface area (Å²) in [7, 11) is 0. The van der Waals surface area contributed by atoms with Crippen molar-refractivity contribution in [3.05, 3.63) is 35.4 Å². The summed E-state index contributed by atoms with van der Waals surface area (Å²) in [6.45, 7) is 3.56. The summed E-state index contributed by atoms with van der Waals surface area (Å²) in [6, 6.07) is 10.5. The molecule has 0 atom stereocenters. The number of carbonyl (C=O) groups excluding carboxylic acids is 1. The number of benzene rings is 1. The highest BCUT2D eigenvalue weighted by Crippen LogP contribution is 2.21. The van der Waals surface area contributed by atoms with Crippen molar-refractivity contribution in [2.24, 2.45) is 0 Å². The Balaban J connectivity index is 3.01. The summed E-state index contributed by atoms with van der Waals surface area (Å²) >= 11 is 0. The highest BCUT2D eigenvalue weighted by Gasteiger charge is 2.14. The SMILES string of the molecule is CCOC(=O)C(C#N)=C(C)c1ccc(OCC#N)cc1. The average molecular weight is 270 g/mol. The van der Waals surface area contributed by atoms with Crippen molar-refractivity contribution in [1.29, 1.82) is 10.5 Å². The lowest BCUT2D eigenvalue weighted by atomic mass is 10.0. The Bertz CT molecular complexity index is 589. The monoisotopic (exact) mass is 270 g/mol. The molecule has 0 saturated carbocycles. The number of nitrogens with zero attached hydrogens (tertiary/aromatic N) is 2. The number of esters is 1. The van der Waals surface area contributed by atoms with E-state index in [1.165, 1.54) is 0 Å². The van der Waals surface area contributed by atoms with Crippen LogP contribution >= 0.6 is 0 Å².